The molecule has 0 aliphatic rings. The van der Waals surface area contributed by atoms with Crippen LogP contribution in [0.25, 0.3) is 0 Å². The van der Waals surface area contributed by atoms with Gasteiger partial charge in [-0.3, -0.25) is 0 Å². The van der Waals surface area contributed by atoms with Crippen molar-refractivity contribution >= 4 is 29.3 Å². The van der Waals surface area contributed by atoms with Gasteiger partial charge < -0.3 is 0 Å². The summed E-state index contributed by atoms with van der Waals surface area (Å²) in [6, 6.07) is 18.5. The SMILES string of the molecule is O=S(=O)(/C=C/C=C\[Se]c1ccccc1)c1ccccc1. The second-order valence-corrected chi connectivity index (χ2v) is 7.83. The minimum atomic E-state index is -3.33. The molecule has 20 heavy (non-hydrogen) atoms. The Morgan fingerprint density at radius 2 is 1.40 bits per heavy atom. The third-order valence-corrected chi connectivity index (χ3v) is 5.67. The monoisotopic (exact) mass is 350 g/mol. The van der Waals surface area contributed by atoms with Gasteiger partial charge in [-0.05, 0) is 0 Å². The first kappa shape index (κ1) is 14.8. The summed E-state index contributed by atoms with van der Waals surface area (Å²) in [5, 5.41) is 1.24. The molecule has 0 fully saturated rings. The zero-order valence-electron chi connectivity index (χ0n) is 10.7. The van der Waals surface area contributed by atoms with Crippen LogP contribution in [0.15, 0.2) is 88.1 Å². The summed E-state index contributed by atoms with van der Waals surface area (Å²) < 4.78 is 25.2. The summed E-state index contributed by atoms with van der Waals surface area (Å²) in [6.45, 7) is 0. The predicted octanol–water partition coefficient (Wildman–Crippen LogP) is 2.52. The van der Waals surface area contributed by atoms with Gasteiger partial charge >= 0.3 is 126 Å². The van der Waals surface area contributed by atoms with Gasteiger partial charge in [0.25, 0.3) is 0 Å². The minimum absolute atomic E-state index is 0.224. The molecule has 102 valence electrons. The van der Waals surface area contributed by atoms with Crippen molar-refractivity contribution < 1.29 is 8.42 Å². The Hall–Kier alpha value is -1.61. The van der Waals surface area contributed by atoms with E-state index >= 15 is 0 Å². The second kappa shape index (κ2) is 7.25. The van der Waals surface area contributed by atoms with Crippen LogP contribution in [0.1, 0.15) is 0 Å². The van der Waals surface area contributed by atoms with Gasteiger partial charge in [0.15, 0.2) is 0 Å². The molecule has 0 radical (unpaired) electrons. The number of hydrogen-bond donors (Lipinski definition) is 0. The topological polar surface area (TPSA) is 34.1 Å². The Balaban J connectivity index is 1.97. The van der Waals surface area contributed by atoms with Gasteiger partial charge in [0, 0.05) is 0 Å². The summed E-state index contributed by atoms with van der Waals surface area (Å²) in [5.41, 5.74) is 0. The molecule has 0 unspecified atom stereocenters. The van der Waals surface area contributed by atoms with Crippen LogP contribution in [0, 0.1) is 0 Å². The van der Waals surface area contributed by atoms with Gasteiger partial charge in [0.05, 0.1) is 0 Å². The van der Waals surface area contributed by atoms with Crippen LogP contribution in [0.4, 0.5) is 0 Å². The summed E-state index contributed by atoms with van der Waals surface area (Å²) in [4.78, 5) is 2.32. The summed E-state index contributed by atoms with van der Waals surface area (Å²) in [5.74, 6) is 0. The van der Waals surface area contributed by atoms with Crippen molar-refractivity contribution in [3.63, 3.8) is 0 Å². The molecule has 0 bridgehead atoms. The molecule has 0 aliphatic heterocycles. The van der Waals surface area contributed by atoms with Gasteiger partial charge in [-0.25, -0.2) is 0 Å². The van der Waals surface area contributed by atoms with E-state index in [0.29, 0.717) is 4.90 Å². The Morgan fingerprint density at radius 3 is 2.05 bits per heavy atom. The number of benzene rings is 2. The van der Waals surface area contributed by atoms with Crippen molar-refractivity contribution in [1.29, 1.82) is 0 Å². The van der Waals surface area contributed by atoms with E-state index in [4.69, 9.17) is 0 Å². The van der Waals surface area contributed by atoms with E-state index in [1.807, 2.05) is 23.2 Å². The molecule has 0 aliphatic carbocycles. The van der Waals surface area contributed by atoms with E-state index in [-0.39, 0.29) is 15.0 Å². The van der Waals surface area contributed by atoms with Crippen LogP contribution < -0.4 is 4.46 Å². The number of sulfone groups is 1. The molecule has 0 saturated heterocycles. The molecule has 2 aromatic rings. The van der Waals surface area contributed by atoms with Gasteiger partial charge in [-0.2, -0.15) is 0 Å². The van der Waals surface area contributed by atoms with Gasteiger partial charge in [0.1, 0.15) is 0 Å². The van der Waals surface area contributed by atoms with Crippen LogP contribution >= 0.6 is 0 Å². The number of allylic oxidation sites excluding steroid dienone is 2. The third-order valence-electron chi connectivity index (χ3n) is 2.47. The molecular weight excluding hydrogens is 335 g/mol. The molecule has 0 heterocycles. The molecule has 0 aromatic heterocycles. The molecule has 0 saturated carbocycles. The fourth-order valence-corrected chi connectivity index (χ4v) is 3.84. The van der Waals surface area contributed by atoms with Crippen LogP contribution in [0.3, 0.4) is 0 Å². The standard InChI is InChI=1S/C16H14O2SSe/c17-19(18,15-9-3-1-4-10-15)13-7-8-14-20-16-11-5-2-6-12-16/h1-14H/b13-7+,14-8-. The quantitative estimate of drug-likeness (QED) is 0.614. The average molecular weight is 349 g/mol. The summed E-state index contributed by atoms with van der Waals surface area (Å²) >= 11 is 0.224. The molecule has 0 atom stereocenters. The normalized spacial score (nSPS) is 12.2. The fraction of sp³-hybridized carbons (Fsp3) is 0. The van der Waals surface area contributed by atoms with E-state index < -0.39 is 9.84 Å². The van der Waals surface area contributed by atoms with Crippen LogP contribution in [-0.2, 0) is 9.84 Å². The molecule has 4 heteroatoms. The van der Waals surface area contributed by atoms with Crippen LogP contribution in [0.2, 0.25) is 0 Å². The van der Waals surface area contributed by atoms with Crippen molar-refractivity contribution in [2.24, 2.45) is 0 Å². The van der Waals surface area contributed by atoms with Crippen molar-refractivity contribution in [2.45, 2.75) is 4.90 Å². The first-order valence-electron chi connectivity index (χ1n) is 6.03. The molecule has 0 amide bonds. The average Bonchev–Trinajstić information content (AvgIpc) is 2.49. The Labute approximate surface area is 125 Å². The van der Waals surface area contributed by atoms with Crippen molar-refractivity contribution in [3.05, 3.63) is 83.2 Å². The Kier molecular flexibility index (Phi) is 5.36. The second-order valence-electron chi connectivity index (χ2n) is 3.95. The van der Waals surface area contributed by atoms with Crippen molar-refractivity contribution in [1.82, 2.24) is 0 Å². The van der Waals surface area contributed by atoms with Crippen molar-refractivity contribution in [2.75, 3.05) is 0 Å². The van der Waals surface area contributed by atoms with Gasteiger partial charge in [-0.1, -0.05) is 0 Å². The van der Waals surface area contributed by atoms with Crippen molar-refractivity contribution in [3.8, 4) is 0 Å². The molecule has 2 nitrogen and oxygen atoms in total. The van der Waals surface area contributed by atoms with E-state index in [9.17, 15) is 8.42 Å². The number of hydrogen-bond acceptors (Lipinski definition) is 2. The number of rotatable bonds is 5. The predicted molar refractivity (Wildman–Crippen MR) is 83.7 cm³/mol. The van der Waals surface area contributed by atoms with Crippen LogP contribution in [0.5, 0.6) is 0 Å². The van der Waals surface area contributed by atoms with E-state index in [1.165, 1.54) is 9.87 Å². The zero-order valence-corrected chi connectivity index (χ0v) is 13.2. The van der Waals surface area contributed by atoms with E-state index in [2.05, 4.69) is 12.1 Å². The first-order valence-corrected chi connectivity index (χ1v) is 9.43. The van der Waals surface area contributed by atoms with Gasteiger partial charge in [-0.15, -0.1) is 0 Å². The van der Waals surface area contributed by atoms with Crippen LogP contribution in [-0.4, -0.2) is 23.4 Å². The maximum absolute atomic E-state index is 11.9. The Morgan fingerprint density at radius 1 is 0.800 bits per heavy atom. The molecule has 2 aromatic carbocycles. The molecule has 2 rings (SSSR count). The molecule has 0 N–H and O–H groups in total. The molecule has 0 spiro atoms. The van der Waals surface area contributed by atoms with E-state index in [0.717, 1.165) is 0 Å². The first-order chi connectivity index (χ1) is 9.68. The molecular formula is C16H14O2SSe. The summed E-state index contributed by atoms with van der Waals surface area (Å²) in [7, 11) is -3.33. The summed E-state index contributed by atoms with van der Waals surface area (Å²) in [6.07, 6.45) is 3.36. The van der Waals surface area contributed by atoms with E-state index in [1.54, 1.807) is 42.5 Å². The van der Waals surface area contributed by atoms with Gasteiger partial charge in [0.2, 0.25) is 0 Å². The fourth-order valence-electron chi connectivity index (χ4n) is 1.50. The zero-order chi connectivity index (χ0) is 14.3. The Bertz CT molecular complexity index is 690. The third kappa shape index (κ3) is 4.49. The maximum atomic E-state index is 11.9.